The molecule has 0 spiro atoms. The van der Waals surface area contributed by atoms with Gasteiger partial charge >= 0.3 is 18.1 Å². The summed E-state index contributed by atoms with van der Waals surface area (Å²) in [4.78, 5) is 22.5. The average molecular weight is 269 g/mol. The molecule has 8 heteroatoms. The number of carbonyl (C=O) groups is 2. The van der Waals surface area contributed by atoms with Crippen molar-refractivity contribution in [3.63, 3.8) is 0 Å². The number of carboxylic acid groups (broad SMARTS) is 1. The van der Waals surface area contributed by atoms with Gasteiger partial charge < -0.3 is 10.0 Å². The van der Waals surface area contributed by atoms with Gasteiger partial charge in [0.1, 0.15) is 5.67 Å². The van der Waals surface area contributed by atoms with Crippen LogP contribution in [0.1, 0.15) is 19.3 Å². The first-order valence-electron chi connectivity index (χ1n) is 5.37. The molecule has 1 amide bonds. The predicted octanol–water partition coefficient (Wildman–Crippen LogP) is 1.35. The number of nitrogens with zero attached hydrogens (tertiary/aromatic N) is 1. The van der Waals surface area contributed by atoms with Crippen LogP contribution < -0.4 is 0 Å². The molecule has 18 heavy (non-hydrogen) atoms. The van der Waals surface area contributed by atoms with Gasteiger partial charge in [-0.25, -0.2) is 4.39 Å². The number of likely N-dealkylation sites (tertiary alicyclic amines) is 1. The Labute approximate surface area is 99.6 Å². The maximum Gasteiger partial charge on any atom is 0.471 e. The Hall–Kier alpha value is -1.34. The third-order valence-electron chi connectivity index (χ3n) is 3.66. The Morgan fingerprint density at radius 1 is 1.17 bits per heavy atom. The zero-order chi connectivity index (χ0) is 13.8. The lowest BCUT2D eigenvalue weighted by molar-refractivity contribution is -0.192. The minimum atomic E-state index is -5.10. The van der Waals surface area contributed by atoms with E-state index in [4.69, 9.17) is 5.11 Å². The van der Waals surface area contributed by atoms with Gasteiger partial charge in [-0.3, -0.25) is 9.59 Å². The third-order valence-corrected chi connectivity index (χ3v) is 3.66. The van der Waals surface area contributed by atoms with E-state index in [0.29, 0.717) is 0 Å². The Morgan fingerprint density at radius 3 is 2.28 bits per heavy atom. The van der Waals surface area contributed by atoms with Crippen LogP contribution in [-0.4, -0.2) is 46.8 Å². The second-order valence-electron chi connectivity index (χ2n) is 5.07. The first kappa shape index (κ1) is 13.1. The van der Waals surface area contributed by atoms with Gasteiger partial charge in [-0.2, -0.15) is 13.2 Å². The standard InChI is InChI=1S/C10H11F4NO3/c11-9-2-1-8(3-9,7(17)18)4-15(5-9)6(16)10(12,13)14/h1-5H2,(H,17,18). The highest BCUT2D eigenvalue weighted by Gasteiger charge is 2.61. The molecule has 102 valence electrons. The molecule has 2 fully saturated rings. The summed E-state index contributed by atoms with van der Waals surface area (Å²) < 4.78 is 51.0. The molecule has 1 saturated heterocycles. The third kappa shape index (κ3) is 1.93. The molecule has 2 rings (SSSR count). The molecule has 1 aliphatic heterocycles. The fourth-order valence-corrected chi connectivity index (χ4v) is 2.85. The number of carbonyl (C=O) groups excluding carboxylic acids is 1. The van der Waals surface area contributed by atoms with Gasteiger partial charge in [0.05, 0.1) is 12.0 Å². The molecule has 1 heterocycles. The largest absolute Gasteiger partial charge is 0.481 e. The summed E-state index contributed by atoms with van der Waals surface area (Å²) in [5, 5.41) is 9.05. The molecule has 0 aromatic heterocycles. The number of alkyl halides is 4. The molecular formula is C10H11F4NO3. The summed E-state index contributed by atoms with van der Waals surface area (Å²) in [5.74, 6) is -3.52. The van der Waals surface area contributed by atoms with Gasteiger partial charge in [0.15, 0.2) is 0 Å². The molecular weight excluding hydrogens is 258 g/mol. The minimum Gasteiger partial charge on any atom is -0.481 e. The fraction of sp³-hybridized carbons (Fsp3) is 0.800. The quantitative estimate of drug-likeness (QED) is 0.731. The zero-order valence-electron chi connectivity index (χ0n) is 9.26. The van der Waals surface area contributed by atoms with Crippen molar-refractivity contribution < 1.29 is 32.3 Å². The van der Waals surface area contributed by atoms with Crippen LogP contribution in [0, 0.1) is 5.41 Å². The van der Waals surface area contributed by atoms with E-state index in [1.54, 1.807) is 0 Å². The highest BCUT2D eigenvalue weighted by molar-refractivity contribution is 5.84. The zero-order valence-corrected chi connectivity index (χ0v) is 9.26. The summed E-state index contributed by atoms with van der Waals surface area (Å²) in [6.45, 7) is -1.26. The van der Waals surface area contributed by atoms with Crippen LogP contribution in [0.2, 0.25) is 0 Å². The topological polar surface area (TPSA) is 57.6 Å². The van der Waals surface area contributed by atoms with E-state index in [1.807, 2.05) is 0 Å². The maximum atomic E-state index is 14.1. The number of amides is 1. The van der Waals surface area contributed by atoms with Gasteiger partial charge in [0.2, 0.25) is 0 Å². The van der Waals surface area contributed by atoms with Gasteiger partial charge in [0, 0.05) is 13.0 Å². The first-order chi connectivity index (χ1) is 8.08. The molecule has 2 bridgehead atoms. The maximum absolute atomic E-state index is 14.1. The Morgan fingerprint density at radius 2 is 1.78 bits per heavy atom. The molecule has 0 aromatic carbocycles. The van der Waals surface area contributed by atoms with Crippen LogP contribution in [0.15, 0.2) is 0 Å². The average Bonchev–Trinajstić information content (AvgIpc) is 2.47. The van der Waals surface area contributed by atoms with Crippen molar-refractivity contribution in [3.8, 4) is 0 Å². The number of hydrogen-bond acceptors (Lipinski definition) is 2. The number of hydrogen-bond donors (Lipinski definition) is 1. The molecule has 2 aliphatic rings. The van der Waals surface area contributed by atoms with Crippen LogP contribution >= 0.6 is 0 Å². The normalized spacial score (nSPS) is 35.7. The van der Waals surface area contributed by atoms with Crippen LogP contribution in [0.4, 0.5) is 17.6 Å². The van der Waals surface area contributed by atoms with E-state index in [0.717, 1.165) is 0 Å². The van der Waals surface area contributed by atoms with Crippen LogP contribution in [0.5, 0.6) is 0 Å². The number of rotatable bonds is 1. The lowest BCUT2D eigenvalue weighted by Crippen LogP contribution is -2.56. The summed E-state index contributed by atoms with van der Waals surface area (Å²) in [6.07, 6.45) is -5.59. The van der Waals surface area contributed by atoms with Gasteiger partial charge in [-0.1, -0.05) is 0 Å². The summed E-state index contributed by atoms with van der Waals surface area (Å²) in [7, 11) is 0. The van der Waals surface area contributed by atoms with Crippen molar-refractivity contribution >= 4 is 11.9 Å². The van der Waals surface area contributed by atoms with Crippen molar-refractivity contribution in [2.24, 2.45) is 5.41 Å². The van der Waals surface area contributed by atoms with Crippen LogP contribution in [0.25, 0.3) is 0 Å². The summed E-state index contributed by atoms with van der Waals surface area (Å²) in [6, 6.07) is 0. The van der Waals surface area contributed by atoms with Crippen molar-refractivity contribution in [2.45, 2.75) is 31.1 Å². The molecule has 2 atom stereocenters. The number of carboxylic acids is 1. The van der Waals surface area contributed by atoms with E-state index in [2.05, 4.69) is 0 Å². The number of fused-ring (bicyclic) bond motifs is 2. The lowest BCUT2D eigenvalue weighted by atomic mass is 9.81. The van der Waals surface area contributed by atoms with Gasteiger partial charge in [-0.05, 0) is 12.8 Å². The second-order valence-corrected chi connectivity index (χ2v) is 5.07. The van der Waals surface area contributed by atoms with Crippen molar-refractivity contribution in [1.82, 2.24) is 4.90 Å². The van der Waals surface area contributed by atoms with Gasteiger partial charge in [0.25, 0.3) is 0 Å². The van der Waals surface area contributed by atoms with Crippen LogP contribution in [0.3, 0.4) is 0 Å². The Bertz CT molecular complexity index is 410. The molecule has 2 unspecified atom stereocenters. The number of piperidine rings is 1. The molecule has 1 aliphatic carbocycles. The Kier molecular flexibility index (Phi) is 2.61. The van der Waals surface area contributed by atoms with E-state index >= 15 is 0 Å². The van der Waals surface area contributed by atoms with E-state index in [9.17, 15) is 27.2 Å². The smallest absolute Gasteiger partial charge is 0.471 e. The van der Waals surface area contributed by atoms with Crippen molar-refractivity contribution in [2.75, 3.05) is 13.1 Å². The highest BCUT2D eigenvalue weighted by Crippen LogP contribution is 2.51. The minimum absolute atomic E-state index is 0.0412. The highest BCUT2D eigenvalue weighted by atomic mass is 19.4. The summed E-state index contributed by atoms with van der Waals surface area (Å²) >= 11 is 0. The van der Waals surface area contributed by atoms with E-state index in [1.165, 1.54) is 0 Å². The SMILES string of the molecule is O=C(N1CC2(F)CCC(C(=O)O)(C1)C2)C(F)(F)F. The molecule has 1 N–H and O–H groups in total. The first-order valence-corrected chi connectivity index (χ1v) is 5.37. The molecule has 0 radical (unpaired) electrons. The monoisotopic (exact) mass is 269 g/mol. The van der Waals surface area contributed by atoms with Crippen LogP contribution in [-0.2, 0) is 9.59 Å². The number of halogens is 4. The molecule has 0 aromatic rings. The lowest BCUT2D eigenvalue weighted by Gasteiger charge is -2.40. The van der Waals surface area contributed by atoms with E-state index in [-0.39, 0.29) is 24.2 Å². The second kappa shape index (κ2) is 3.58. The van der Waals surface area contributed by atoms with E-state index < -0.39 is 42.2 Å². The summed E-state index contributed by atoms with van der Waals surface area (Å²) in [5.41, 5.74) is -3.59. The predicted molar refractivity (Wildman–Crippen MR) is 50.4 cm³/mol. The van der Waals surface area contributed by atoms with Gasteiger partial charge in [-0.15, -0.1) is 0 Å². The number of aliphatic carboxylic acids is 1. The van der Waals surface area contributed by atoms with Crippen molar-refractivity contribution in [1.29, 1.82) is 0 Å². The van der Waals surface area contributed by atoms with Crippen molar-refractivity contribution in [3.05, 3.63) is 0 Å². The fourth-order valence-electron chi connectivity index (χ4n) is 2.85. The molecule has 4 nitrogen and oxygen atoms in total. The molecule has 1 saturated carbocycles. The Balaban J connectivity index is 2.28.